The van der Waals surface area contributed by atoms with Gasteiger partial charge < -0.3 is 15.5 Å². The van der Waals surface area contributed by atoms with Gasteiger partial charge in [0.2, 0.25) is 0 Å². The summed E-state index contributed by atoms with van der Waals surface area (Å²) in [4.78, 5) is 25.9. The molecule has 0 aliphatic carbocycles. The maximum absolute atomic E-state index is 12.4. The van der Waals surface area contributed by atoms with Gasteiger partial charge in [0.25, 0.3) is 11.8 Å². The van der Waals surface area contributed by atoms with Crippen LogP contribution >= 0.6 is 0 Å². The SMILES string of the molecule is CCCc1ccc([C@@H]([NH2+]CC(=O)Nc2ccc(C(=O)N(C)C)cc2)C(C)C)cc1. The fourth-order valence-corrected chi connectivity index (χ4v) is 3.39. The number of rotatable bonds is 9. The molecule has 0 saturated carbocycles. The van der Waals surface area contributed by atoms with E-state index in [0.717, 1.165) is 12.8 Å². The van der Waals surface area contributed by atoms with Crippen molar-refractivity contribution >= 4 is 17.5 Å². The summed E-state index contributed by atoms with van der Waals surface area (Å²) < 4.78 is 0. The van der Waals surface area contributed by atoms with E-state index in [2.05, 4.69) is 55.7 Å². The molecule has 0 saturated heterocycles. The summed E-state index contributed by atoms with van der Waals surface area (Å²) in [7, 11) is 3.44. The van der Waals surface area contributed by atoms with Crippen molar-refractivity contribution < 1.29 is 14.9 Å². The first-order chi connectivity index (χ1) is 13.8. The Morgan fingerprint density at radius 3 is 2.14 bits per heavy atom. The topological polar surface area (TPSA) is 66.0 Å². The number of nitrogens with one attached hydrogen (secondary N) is 1. The number of amides is 2. The lowest BCUT2D eigenvalue weighted by Gasteiger charge is -2.20. The molecular weight excluding hydrogens is 362 g/mol. The Morgan fingerprint density at radius 1 is 1.00 bits per heavy atom. The van der Waals surface area contributed by atoms with Gasteiger partial charge in [-0.2, -0.15) is 0 Å². The van der Waals surface area contributed by atoms with Gasteiger partial charge >= 0.3 is 0 Å². The third-order valence-electron chi connectivity index (χ3n) is 5.00. The monoisotopic (exact) mass is 396 g/mol. The minimum atomic E-state index is -0.0547. The van der Waals surface area contributed by atoms with Gasteiger partial charge in [0, 0.05) is 36.8 Å². The van der Waals surface area contributed by atoms with Crippen molar-refractivity contribution in [1.82, 2.24) is 4.90 Å². The molecule has 0 aliphatic heterocycles. The molecule has 2 aromatic rings. The van der Waals surface area contributed by atoms with Crippen molar-refractivity contribution in [1.29, 1.82) is 0 Å². The Bertz CT molecular complexity index is 796. The molecule has 3 N–H and O–H groups in total. The number of benzene rings is 2. The number of quaternary nitrogens is 1. The van der Waals surface area contributed by atoms with Gasteiger partial charge in [-0.1, -0.05) is 51.5 Å². The first kappa shape index (κ1) is 22.6. The van der Waals surface area contributed by atoms with E-state index in [9.17, 15) is 9.59 Å². The van der Waals surface area contributed by atoms with E-state index < -0.39 is 0 Å². The summed E-state index contributed by atoms with van der Waals surface area (Å²) in [6.07, 6.45) is 2.24. The lowest BCUT2D eigenvalue weighted by Crippen LogP contribution is -2.88. The number of nitrogens with two attached hydrogens (primary N) is 1. The molecule has 0 bridgehead atoms. The number of hydrogen-bond donors (Lipinski definition) is 2. The van der Waals surface area contributed by atoms with Gasteiger partial charge in [-0.05, 0) is 36.2 Å². The van der Waals surface area contributed by atoms with Crippen molar-refractivity contribution in [3.05, 3.63) is 65.2 Å². The number of hydrogen-bond acceptors (Lipinski definition) is 2. The summed E-state index contributed by atoms with van der Waals surface area (Å²) in [6.45, 7) is 6.89. The molecule has 5 heteroatoms. The van der Waals surface area contributed by atoms with Crippen LogP contribution in [0.4, 0.5) is 5.69 Å². The molecule has 0 radical (unpaired) electrons. The van der Waals surface area contributed by atoms with Crippen LogP contribution in [0.1, 0.15) is 54.7 Å². The van der Waals surface area contributed by atoms with Crippen molar-refractivity contribution in [2.75, 3.05) is 26.0 Å². The molecule has 5 nitrogen and oxygen atoms in total. The predicted molar refractivity (Wildman–Crippen MR) is 118 cm³/mol. The third kappa shape index (κ3) is 6.71. The maximum atomic E-state index is 12.4. The van der Waals surface area contributed by atoms with Gasteiger partial charge in [-0.15, -0.1) is 0 Å². The molecule has 2 amide bonds. The third-order valence-corrected chi connectivity index (χ3v) is 5.00. The predicted octanol–water partition coefficient (Wildman–Crippen LogP) is 3.24. The smallest absolute Gasteiger partial charge is 0.279 e. The second-order valence-corrected chi connectivity index (χ2v) is 8.03. The molecule has 2 rings (SSSR count). The Labute approximate surface area is 174 Å². The highest BCUT2D eigenvalue weighted by molar-refractivity contribution is 5.95. The standard InChI is InChI=1S/C24H33N3O2/c1-6-7-18-8-10-19(11-9-18)23(17(2)3)25-16-22(28)26-21-14-12-20(13-15-21)24(29)27(4)5/h8-15,17,23,25H,6-7,16H2,1-5H3,(H,26,28)/p+1/t23-/m0/s1. The Kier molecular flexibility index (Phi) is 8.40. The Morgan fingerprint density at radius 2 is 1.62 bits per heavy atom. The second-order valence-electron chi connectivity index (χ2n) is 8.03. The molecule has 2 aromatic carbocycles. The van der Waals surface area contributed by atoms with Crippen LogP contribution in [-0.4, -0.2) is 37.4 Å². The van der Waals surface area contributed by atoms with Gasteiger partial charge in [0.15, 0.2) is 6.54 Å². The Balaban J connectivity index is 1.94. The molecule has 0 aromatic heterocycles. The van der Waals surface area contributed by atoms with Crippen molar-refractivity contribution in [2.45, 2.75) is 39.7 Å². The molecule has 1 atom stereocenters. The van der Waals surface area contributed by atoms with E-state index in [1.807, 2.05) is 0 Å². The van der Waals surface area contributed by atoms with Crippen LogP contribution < -0.4 is 10.6 Å². The van der Waals surface area contributed by atoms with Gasteiger partial charge in [-0.25, -0.2) is 0 Å². The van der Waals surface area contributed by atoms with Crippen LogP contribution in [0.25, 0.3) is 0 Å². The van der Waals surface area contributed by atoms with Crippen LogP contribution in [-0.2, 0) is 11.2 Å². The van der Waals surface area contributed by atoms with Crippen LogP contribution in [0, 0.1) is 5.92 Å². The lowest BCUT2D eigenvalue weighted by molar-refractivity contribution is -0.692. The van der Waals surface area contributed by atoms with E-state index in [4.69, 9.17) is 0 Å². The highest BCUT2D eigenvalue weighted by atomic mass is 16.2. The number of nitrogens with zero attached hydrogens (tertiary/aromatic N) is 1. The van der Waals surface area contributed by atoms with Gasteiger partial charge in [0.1, 0.15) is 6.04 Å². The van der Waals surface area contributed by atoms with E-state index in [-0.39, 0.29) is 17.9 Å². The summed E-state index contributed by atoms with van der Waals surface area (Å²) >= 11 is 0. The molecular formula is C24H34N3O2+. The average molecular weight is 397 g/mol. The molecule has 0 fully saturated rings. The number of aryl methyl sites for hydroxylation is 1. The Hall–Kier alpha value is -2.66. The first-order valence-corrected chi connectivity index (χ1v) is 10.4. The molecule has 156 valence electrons. The zero-order valence-electron chi connectivity index (χ0n) is 18.2. The van der Waals surface area contributed by atoms with Crippen molar-refractivity contribution in [3.63, 3.8) is 0 Å². The summed E-state index contributed by atoms with van der Waals surface area (Å²) in [5.74, 6) is 0.307. The lowest BCUT2D eigenvalue weighted by atomic mass is 9.94. The highest BCUT2D eigenvalue weighted by Crippen LogP contribution is 2.18. The normalized spacial score (nSPS) is 11.9. The number of carbonyl (C=O) groups excluding carboxylic acids is 2. The van der Waals surface area contributed by atoms with Crippen LogP contribution in [0.2, 0.25) is 0 Å². The average Bonchev–Trinajstić information content (AvgIpc) is 2.69. The van der Waals surface area contributed by atoms with Crippen LogP contribution in [0.15, 0.2) is 48.5 Å². The largest absolute Gasteiger partial charge is 0.345 e. The minimum absolute atomic E-state index is 0.0510. The molecule has 29 heavy (non-hydrogen) atoms. The van der Waals surface area contributed by atoms with E-state index in [0.29, 0.717) is 23.7 Å². The summed E-state index contributed by atoms with van der Waals surface area (Å²) in [5.41, 5.74) is 3.90. The molecule has 0 heterocycles. The number of anilines is 1. The highest BCUT2D eigenvalue weighted by Gasteiger charge is 2.20. The zero-order valence-corrected chi connectivity index (χ0v) is 18.2. The molecule has 0 spiro atoms. The van der Waals surface area contributed by atoms with Crippen molar-refractivity contribution in [3.8, 4) is 0 Å². The fraction of sp³-hybridized carbons (Fsp3) is 0.417. The van der Waals surface area contributed by atoms with Gasteiger partial charge in [0.05, 0.1) is 0 Å². The number of carbonyl (C=O) groups is 2. The van der Waals surface area contributed by atoms with Gasteiger partial charge in [-0.3, -0.25) is 9.59 Å². The van der Waals surface area contributed by atoms with E-state index in [1.165, 1.54) is 16.0 Å². The summed E-state index contributed by atoms with van der Waals surface area (Å²) in [5, 5.41) is 5.01. The van der Waals surface area contributed by atoms with Crippen molar-refractivity contribution in [2.24, 2.45) is 5.92 Å². The van der Waals surface area contributed by atoms with Crippen LogP contribution in [0.3, 0.4) is 0 Å². The molecule has 0 unspecified atom stereocenters. The minimum Gasteiger partial charge on any atom is -0.345 e. The first-order valence-electron chi connectivity index (χ1n) is 10.4. The fourth-order valence-electron chi connectivity index (χ4n) is 3.39. The zero-order chi connectivity index (χ0) is 21.4. The summed E-state index contributed by atoms with van der Waals surface area (Å²) in [6, 6.07) is 16.0. The quantitative estimate of drug-likeness (QED) is 0.683. The van der Waals surface area contributed by atoms with E-state index >= 15 is 0 Å². The second kappa shape index (κ2) is 10.8. The molecule has 0 aliphatic rings. The van der Waals surface area contributed by atoms with Crippen LogP contribution in [0.5, 0.6) is 0 Å². The maximum Gasteiger partial charge on any atom is 0.279 e. The van der Waals surface area contributed by atoms with E-state index in [1.54, 1.807) is 38.4 Å².